The minimum absolute atomic E-state index is 0.0204. The van der Waals surface area contributed by atoms with Crippen molar-refractivity contribution in [1.29, 1.82) is 0 Å². The summed E-state index contributed by atoms with van der Waals surface area (Å²) < 4.78 is 3.67. The summed E-state index contributed by atoms with van der Waals surface area (Å²) in [5.41, 5.74) is 0.437. The molecule has 2 aromatic heterocycles. The van der Waals surface area contributed by atoms with Crippen LogP contribution in [0.2, 0.25) is 0 Å². The summed E-state index contributed by atoms with van der Waals surface area (Å²) >= 11 is 0. The molecule has 10 heteroatoms. The molecule has 0 radical (unpaired) electrons. The molecule has 0 aliphatic heterocycles. The molecule has 10 nitrogen and oxygen atoms in total. The molecule has 0 saturated carbocycles. The number of fused-ring (bicyclic) bond motifs is 3. The topological polar surface area (TPSA) is 120 Å². The Balaban J connectivity index is 1.66. The molecule has 0 unspecified atom stereocenters. The zero-order chi connectivity index (χ0) is 24.9. The van der Waals surface area contributed by atoms with E-state index in [1.165, 1.54) is 8.97 Å². The lowest BCUT2D eigenvalue weighted by Crippen LogP contribution is -2.34. The number of aryl methyl sites for hydroxylation is 1. The maximum Gasteiger partial charge on any atom is 0.352 e. The quantitative estimate of drug-likeness (QED) is 0.379. The summed E-state index contributed by atoms with van der Waals surface area (Å²) in [5.74, 6) is -0.490. The van der Waals surface area contributed by atoms with Gasteiger partial charge in [0, 0.05) is 25.6 Å². The first-order chi connectivity index (χ1) is 16.9. The number of benzene rings is 2. The van der Waals surface area contributed by atoms with Crippen molar-refractivity contribution in [2.75, 3.05) is 0 Å². The van der Waals surface area contributed by atoms with Crippen LogP contribution in [-0.2, 0) is 29.2 Å². The van der Waals surface area contributed by atoms with Crippen molar-refractivity contribution in [2.45, 2.75) is 52.4 Å². The van der Waals surface area contributed by atoms with E-state index < -0.39 is 5.69 Å². The Hall–Kier alpha value is -4.21. The van der Waals surface area contributed by atoms with Crippen LogP contribution in [-0.4, -0.2) is 36.6 Å². The van der Waals surface area contributed by atoms with Crippen LogP contribution in [0.5, 0.6) is 0 Å². The van der Waals surface area contributed by atoms with Crippen molar-refractivity contribution >= 4 is 28.5 Å². The number of nitrogens with one attached hydrogen (secondary N) is 2. The minimum Gasteiger partial charge on any atom is -0.354 e. The van der Waals surface area contributed by atoms with E-state index in [2.05, 4.69) is 15.7 Å². The van der Waals surface area contributed by atoms with Gasteiger partial charge in [0.1, 0.15) is 6.54 Å². The largest absolute Gasteiger partial charge is 0.354 e. The number of amides is 2. The highest BCUT2D eigenvalue weighted by Crippen LogP contribution is 2.11. The second kappa shape index (κ2) is 10.4. The highest BCUT2D eigenvalue weighted by atomic mass is 16.2. The van der Waals surface area contributed by atoms with Gasteiger partial charge in [-0.05, 0) is 31.0 Å². The van der Waals surface area contributed by atoms with E-state index >= 15 is 0 Å². The summed E-state index contributed by atoms with van der Waals surface area (Å²) in [6.07, 6.45) is 0.842. The van der Waals surface area contributed by atoms with Crippen molar-refractivity contribution < 1.29 is 9.59 Å². The van der Waals surface area contributed by atoms with Gasteiger partial charge in [0.15, 0.2) is 0 Å². The van der Waals surface area contributed by atoms with Crippen molar-refractivity contribution in [2.24, 2.45) is 0 Å². The maximum atomic E-state index is 13.2. The van der Waals surface area contributed by atoms with Gasteiger partial charge in [-0.2, -0.15) is 0 Å². The van der Waals surface area contributed by atoms with E-state index in [0.717, 1.165) is 16.7 Å². The fourth-order valence-electron chi connectivity index (χ4n) is 3.82. The van der Waals surface area contributed by atoms with Gasteiger partial charge in [-0.3, -0.25) is 19.0 Å². The molecule has 2 heterocycles. The zero-order valence-corrected chi connectivity index (χ0v) is 19.7. The molecule has 2 N–H and O–H groups in total. The molecule has 182 valence electrons. The number of hydrogen-bond acceptors (Lipinski definition) is 5. The fourth-order valence-corrected chi connectivity index (χ4v) is 3.82. The SMILES string of the molecule is CC[C@H](C)NC(=O)CCn1c(=O)c2ccccc2n2c(=O)n(CC(=O)NCc3ccccc3)nc12. The van der Waals surface area contributed by atoms with Gasteiger partial charge >= 0.3 is 5.69 Å². The van der Waals surface area contributed by atoms with E-state index in [-0.39, 0.29) is 48.7 Å². The van der Waals surface area contributed by atoms with E-state index in [4.69, 9.17) is 0 Å². The standard InChI is InChI=1S/C25H28N6O4/c1-3-17(2)27-21(32)13-14-29-23(34)19-11-7-8-12-20(19)31-24(29)28-30(25(31)35)16-22(33)26-15-18-9-5-4-6-10-18/h4-12,17H,3,13-16H2,1-2H3,(H,26,33)(H,27,32)/t17-/m0/s1. The highest BCUT2D eigenvalue weighted by Gasteiger charge is 2.19. The van der Waals surface area contributed by atoms with Crippen LogP contribution in [0.3, 0.4) is 0 Å². The van der Waals surface area contributed by atoms with Crippen molar-refractivity contribution in [3.8, 4) is 0 Å². The summed E-state index contributed by atoms with van der Waals surface area (Å²) in [4.78, 5) is 51.3. The van der Waals surface area contributed by atoms with E-state index in [1.54, 1.807) is 24.3 Å². The maximum absolute atomic E-state index is 13.2. The molecule has 4 aromatic rings. The summed E-state index contributed by atoms with van der Waals surface area (Å²) in [5, 5.41) is 10.3. The lowest BCUT2D eigenvalue weighted by molar-refractivity contribution is -0.122. The zero-order valence-electron chi connectivity index (χ0n) is 19.7. The summed E-state index contributed by atoms with van der Waals surface area (Å²) in [6, 6.07) is 16.2. The lowest BCUT2D eigenvalue weighted by Gasteiger charge is -2.12. The molecule has 2 aromatic carbocycles. The van der Waals surface area contributed by atoms with Gasteiger partial charge in [0.05, 0.1) is 10.9 Å². The molecular formula is C25H28N6O4. The number of rotatable bonds is 9. The first-order valence-corrected chi connectivity index (χ1v) is 11.6. The minimum atomic E-state index is -0.538. The average Bonchev–Trinajstić information content (AvgIpc) is 3.18. The van der Waals surface area contributed by atoms with Crippen molar-refractivity contribution in [3.05, 3.63) is 81.0 Å². The molecule has 35 heavy (non-hydrogen) atoms. The van der Waals surface area contributed by atoms with E-state index in [9.17, 15) is 19.2 Å². The number of para-hydroxylation sites is 1. The van der Waals surface area contributed by atoms with Gasteiger partial charge in [-0.15, -0.1) is 5.10 Å². The summed E-state index contributed by atoms with van der Waals surface area (Å²) in [7, 11) is 0. The van der Waals surface area contributed by atoms with Crippen LogP contribution < -0.4 is 21.9 Å². The third-order valence-corrected chi connectivity index (χ3v) is 5.89. The Morgan fingerprint density at radius 2 is 1.71 bits per heavy atom. The average molecular weight is 477 g/mol. The molecule has 4 rings (SSSR count). The Morgan fingerprint density at radius 1 is 1.00 bits per heavy atom. The van der Waals surface area contributed by atoms with Gasteiger partial charge < -0.3 is 10.6 Å². The van der Waals surface area contributed by atoms with Crippen LogP contribution in [0.1, 0.15) is 32.3 Å². The molecule has 0 aliphatic rings. The molecule has 0 bridgehead atoms. The smallest absolute Gasteiger partial charge is 0.352 e. The van der Waals surface area contributed by atoms with Crippen LogP contribution >= 0.6 is 0 Å². The predicted octanol–water partition coefficient (Wildman–Crippen LogP) is 1.43. The molecular weight excluding hydrogens is 448 g/mol. The van der Waals surface area contributed by atoms with Crippen molar-refractivity contribution in [3.63, 3.8) is 0 Å². The van der Waals surface area contributed by atoms with Crippen LogP contribution in [0, 0.1) is 0 Å². The first-order valence-electron chi connectivity index (χ1n) is 11.6. The van der Waals surface area contributed by atoms with Crippen LogP contribution in [0.4, 0.5) is 0 Å². The molecule has 2 amide bonds. The number of carbonyl (C=O) groups excluding carboxylic acids is 2. The van der Waals surface area contributed by atoms with Crippen molar-refractivity contribution in [1.82, 2.24) is 29.4 Å². The summed E-state index contributed by atoms with van der Waals surface area (Å²) in [6.45, 7) is 3.94. The Labute approximate surface area is 201 Å². The lowest BCUT2D eigenvalue weighted by atomic mass is 10.2. The highest BCUT2D eigenvalue weighted by molar-refractivity contribution is 5.80. The molecule has 0 spiro atoms. The second-order valence-corrected chi connectivity index (χ2v) is 8.44. The number of nitrogens with zero attached hydrogens (tertiary/aromatic N) is 4. The van der Waals surface area contributed by atoms with Gasteiger partial charge in [-0.25, -0.2) is 13.9 Å². The van der Waals surface area contributed by atoms with Crippen LogP contribution in [0.15, 0.2) is 64.2 Å². The van der Waals surface area contributed by atoms with E-state index in [0.29, 0.717) is 17.4 Å². The fraction of sp³-hybridized carbons (Fsp3) is 0.320. The second-order valence-electron chi connectivity index (χ2n) is 8.44. The Kier molecular flexibility index (Phi) is 7.09. The molecule has 0 aliphatic carbocycles. The number of carbonyl (C=O) groups is 2. The van der Waals surface area contributed by atoms with Crippen LogP contribution in [0.25, 0.3) is 16.7 Å². The Morgan fingerprint density at radius 3 is 2.46 bits per heavy atom. The van der Waals surface area contributed by atoms with Gasteiger partial charge in [0.2, 0.25) is 17.6 Å². The number of hydrogen-bond donors (Lipinski definition) is 2. The monoisotopic (exact) mass is 476 g/mol. The molecule has 1 atom stereocenters. The normalized spacial score (nSPS) is 12.1. The van der Waals surface area contributed by atoms with Gasteiger partial charge in [-0.1, -0.05) is 49.4 Å². The Bertz CT molecular complexity index is 1490. The third-order valence-electron chi connectivity index (χ3n) is 5.89. The first kappa shape index (κ1) is 23.9. The van der Waals surface area contributed by atoms with E-state index in [1.807, 2.05) is 44.2 Å². The number of aromatic nitrogens is 4. The predicted molar refractivity (Wildman–Crippen MR) is 132 cm³/mol. The molecule has 0 fully saturated rings. The third kappa shape index (κ3) is 5.16. The van der Waals surface area contributed by atoms with Gasteiger partial charge in [0.25, 0.3) is 5.56 Å². The molecule has 0 saturated heterocycles.